The number of aromatic amines is 1. The summed E-state index contributed by atoms with van der Waals surface area (Å²) >= 11 is 6.01. The first-order valence-electron chi connectivity index (χ1n) is 7.85. The Hall–Kier alpha value is -1.75. The van der Waals surface area contributed by atoms with Crippen LogP contribution in [-0.4, -0.2) is 40.5 Å². The molecule has 1 aromatic carbocycles. The monoisotopic (exact) mass is 320 g/mol. The molecule has 22 heavy (non-hydrogen) atoms. The Labute approximate surface area is 135 Å². The van der Waals surface area contributed by atoms with Crippen LogP contribution in [-0.2, 0) is 0 Å². The summed E-state index contributed by atoms with van der Waals surface area (Å²) in [7, 11) is 0. The number of rotatable bonds is 3. The number of hydrogen-bond donors (Lipinski definition) is 2. The van der Waals surface area contributed by atoms with Crippen LogP contribution in [0.3, 0.4) is 0 Å². The Morgan fingerprint density at radius 1 is 1.45 bits per heavy atom. The summed E-state index contributed by atoms with van der Waals surface area (Å²) in [5.74, 6) is 1.38. The molecule has 1 aliphatic rings. The van der Waals surface area contributed by atoms with Crippen LogP contribution in [0.25, 0.3) is 11.0 Å². The van der Waals surface area contributed by atoms with E-state index >= 15 is 0 Å². The second-order valence-electron chi connectivity index (χ2n) is 5.78. The molecule has 0 radical (unpaired) electrons. The molecule has 2 N–H and O–H groups in total. The van der Waals surface area contributed by atoms with E-state index in [1.165, 1.54) is 0 Å². The third kappa shape index (κ3) is 3.19. The molecule has 1 saturated heterocycles. The summed E-state index contributed by atoms with van der Waals surface area (Å²) in [5, 5.41) is 3.65. The van der Waals surface area contributed by atoms with Crippen molar-refractivity contribution < 1.29 is 4.79 Å². The molecule has 2 heterocycles. The maximum absolute atomic E-state index is 12.0. The van der Waals surface area contributed by atoms with Gasteiger partial charge in [-0.3, -0.25) is 0 Å². The molecule has 1 fully saturated rings. The van der Waals surface area contributed by atoms with Crippen molar-refractivity contribution in [2.24, 2.45) is 0 Å². The number of carbonyl (C=O) groups is 1. The van der Waals surface area contributed by atoms with Crippen LogP contribution < -0.4 is 5.32 Å². The molecule has 118 valence electrons. The van der Waals surface area contributed by atoms with Crippen LogP contribution in [0.5, 0.6) is 0 Å². The minimum atomic E-state index is 0.0525. The number of hydrogen-bond acceptors (Lipinski definition) is 2. The van der Waals surface area contributed by atoms with E-state index in [2.05, 4.69) is 22.2 Å². The number of fused-ring (bicyclic) bond motifs is 1. The summed E-state index contributed by atoms with van der Waals surface area (Å²) in [6, 6.07) is 5.75. The van der Waals surface area contributed by atoms with E-state index < -0.39 is 0 Å². The molecule has 0 atom stereocenters. The van der Waals surface area contributed by atoms with Crippen molar-refractivity contribution in [2.75, 3.05) is 19.6 Å². The number of likely N-dealkylation sites (tertiary alicyclic amines) is 1. The summed E-state index contributed by atoms with van der Waals surface area (Å²) in [5.41, 5.74) is 1.92. The van der Waals surface area contributed by atoms with Crippen molar-refractivity contribution in [3.8, 4) is 0 Å². The van der Waals surface area contributed by atoms with Crippen LogP contribution in [0.1, 0.15) is 37.9 Å². The fourth-order valence-corrected chi connectivity index (χ4v) is 3.07. The van der Waals surface area contributed by atoms with Gasteiger partial charge in [-0.2, -0.15) is 0 Å². The molecule has 0 unspecified atom stereocenters. The first-order chi connectivity index (χ1) is 10.7. The molecule has 1 aliphatic heterocycles. The zero-order chi connectivity index (χ0) is 15.5. The number of amides is 2. The van der Waals surface area contributed by atoms with Gasteiger partial charge in [0.1, 0.15) is 5.82 Å². The largest absolute Gasteiger partial charge is 0.342 e. The molecule has 1 aromatic heterocycles. The highest BCUT2D eigenvalue weighted by atomic mass is 35.5. The van der Waals surface area contributed by atoms with Gasteiger partial charge in [0.25, 0.3) is 0 Å². The quantitative estimate of drug-likeness (QED) is 0.909. The minimum absolute atomic E-state index is 0.0525. The van der Waals surface area contributed by atoms with Crippen molar-refractivity contribution in [1.29, 1.82) is 0 Å². The number of urea groups is 1. The summed E-state index contributed by atoms with van der Waals surface area (Å²) in [6.07, 6.45) is 2.84. The second-order valence-corrected chi connectivity index (χ2v) is 6.21. The standard InChI is InChI=1S/C16H21ClN4O/c1-2-7-18-16(22)21-8-5-11(6-9-21)15-19-13-4-3-12(17)10-14(13)20-15/h3-4,10-11H,2,5-9H2,1H3,(H,18,22)(H,19,20). The van der Waals surface area contributed by atoms with Gasteiger partial charge in [-0.15, -0.1) is 0 Å². The number of carbonyl (C=O) groups excluding carboxylic acids is 1. The topological polar surface area (TPSA) is 61.0 Å². The Balaban J connectivity index is 1.64. The Kier molecular flexibility index (Phi) is 4.52. The molecule has 5 nitrogen and oxygen atoms in total. The number of aromatic nitrogens is 2. The highest BCUT2D eigenvalue weighted by molar-refractivity contribution is 6.31. The van der Waals surface area contributed by atoms with Gasteiger partial charge in [0.2, 0.25) is 0 Å². The molecular weight excluding hydrogens is 300 g/mol. The van der Waals surface area contributed by atoms with Gasteiger partial charge >= 0.3 is 6.03 Å². The van der Waals surface area contributed by atoms with E-state index in [1.807, 2.05) is 23.1 Å². The van der Waals surface area contributed by atoms with E-state index in [-0.39, 0.29) is 6.03 Å². The lowest BCUT2D eigenvalue weighted by molar-refractivity contribution is 0.180. The lowest BCUT2D eigenvalue weighted by Crippen LogP contribution is -2.44. The number of nitrogens with zero attached hydrogens (tertiary/aromatic N) is 2. The van der Waals surface area contributed by atoms with Gasteiger partial charge in [0, 0.05) is 30.6 Å². The summed E-state index contributed by atoms with van der Waals surface area (Å²) < 4.78 is 0. The van der Waals surface area contributed by atoms with Gasteiger partial charge in [0.15, 0.2) is 0 Å². The first kappa shape index (κ1) is 15.2. The molecule has 6 heteroatoms. The first-order valence-corrected chi connectivity index (χ1v) is 8.23. The lowest BCUT2D eigenvalue weighted by Gasteiger charge is -2.31. The van der Waals surface area contributed by atoms with Gasteiger partial charge < -0.3 is 15.2 Å². The number of imidazole rings is 1. The fraction of sp³-hybridized carbons (Fsp3) is 0.500. The Morgan fingerprint density at radius 3 is 2.95 bits per heavy atom. The van der Waals surface area contributed by atoms with E-state index in [9.17, 15) is 4.79 Å². The normalized spacial score (nSPS) is 16.2. The highest BCUT2D eigenvalue weighted by Crippen LogP contribution is 2.28. The number of halogens is 1. The SMILES string of the molecule is CCCNC(=O)N1CCC(c2nc3ccc(Cl)cc3[nH]2)CC1. The average molecular weight is 321 g/mol. The predicted molar refractivity (Wildman–Crippen MR) is 88.3 cm³/mol. The minimum Gasteiger partial charge on any atom is -0.342 e. The van der Waals surface area contributed by atoms with Crippen molar-refractivity contribution in [3.63, 3.8) is 0 Å². The van der Waals surface area contributed by atoms with E-state index in [4.69, 9.17) is 11.6 Å². The smallest absolute Gasteiger partial charge is 0.317 e. The molecule has 3 rings (SSSR count). The van der Waals surface area contributed by atoms with Crippen LogP contribution in [0.15, 0.2) is 18.2 Å². The van der Waals surface area contributed by atoms with E-state index in [0.29, 0.717) is 10.9 Å². The van der Waals surface area contributed by atoms with E-state index in [0.717, 1.165) is 55.8 Å². The van der Waals surface area contributed by atoms with Crippen molar-refractivity contribution >= 4 is 28.7 Å². The Morgan fingerprint density at radius 2 is 2.23 bits per heavy atom. The average Bonchev–Trinajstić information content (AvgIpc) is 2.95. The fourth-order valence-electron chi connectivity index (χ4n) is 2.89. The number of H-pyrrole nitrogens is 1. The predicted octanol–water partition coefficient (Wildman–Crippen LogP) is 3.52. The third-order valence-corrected chi connectivity index (χ3v) is 4.39. The van der Waals surface area contributed by atoms with Gasteiger partial charge in [0.05, 0.1) is 11.0 Å². The van der Waals surface area contributed by atoms with Crippen molar-refractivity contribution in [3.05, 3.63) is 29.0 Å². The van der Waals surface area contributed by atoms with Gasteiger partial charge in [-0.1, -0.05) is 18.5 Å². The number of piperidine rings is 1. The van der Waals surface area contributed by atoms with Crippen LogP contribution in [0.4, 0.5) is 4.79 Å². The zero-order valence-corrected chi connectivity index (χ0v) is 13.5. The maximum Gasteiger partial charge on any atom is 0.317 e. The lowest BCUT2D eigenvalue weighted by atomic mass is 9.96. The van der Waals surface area contributed by atoms with Crippen LogP contribution in [0.2, 0.25) is 5.02 Å². The molecule has 0 aliphatic carbocycles. The summed E-state index contributed by atoms with van der Waals surface area (Å²) in [4.78, 5) is 21.9. The number of nitrogens with one attached hydrogen (secondary N) is 2. The third-order valence-electron chi connectivity index (χ3n) is 4.16. The zero-order valence-electron chi connectivity index (χ0n) is 12.7. The molecule has 2 aromatic rings. The number of benzene rings is 1. The molecule has 2 amide bonds. The van der Waals surface area contributed by atoms with E-state index in [1.54, 1.807) is 0 Å². The van der Waals surface area contributed by atoms with Crippen LogP contribution >= 0.6 is 11.6 Å². The van der Waals surface area contributed by atoms with Crippen molar-refractivity contribution in [2.45, 2.75) is 32.1 Å². The second kappa shape index (κ2) is 6.57. The maximum atomic E-state index is 12.0. The summed E-state index contributed by atoms with van der Waals surface area (Å²) in [6.45, 7) is 4.35. The van der Waals surface area contributed by atoms with Gasteiger partial charge in [-0.25, -0.2) is 9.78 Å². The molecule has 0 spiro atoms. The van der Waals surface area contributed by atoms with Crippen LogP contribution in [0, 0.1) is 0 Å². The molecule has 0 bridgehead atoms. The Bertz CT molecular complexity index is 661. The molecule has 0 saturated carbocycles. The van der Waals surface area contributed by atoms with Crippen molar-refractivity contribution in [1.82, 2.24) is 20.2 Å². The van der Waals surface area contributed by atoms with Gasteiger partial charge in [-0.05, 0) is 37.5 Å². The molecular formula is C16H21ClN4O. The highest BCUT2D eigenvalue weighted by Gasteiger charge is 2.25.